The third-order valence-corrected chi connectivity index (χ3v) is 9.44. The van der Waals surface area contributed by atoms with Crippen molar-refractivity contribution < 1.29 is 13.2 Å². The summed E-state index contributed by atoms with van der Waals surface area (Å²) >= 11 is 1.36. The van der Waals surface area contributed by atoms with Crippen molar-refractivity contribution in [2.45, 2.75) is 61.2 Å². The number of thioether (sulfide) groups is 1. The number of likely N-dealkylation sites (N-methyl/N-ethyl adjacent to an activating group) is 1. The molecule has 30 heavy (non-hydrogen) atoms. The maximum atomic E-state index is 12.8. The fourth-order valence-corrected chi connectivity index (χ4v) is 6.25. The van der Waals surface area contributed by atoms with Crippen LogP contribution in [0.15, 0.2) is 28.3 Å². The van der Waals surface area contributed by atoms with Gasteiger partial charge in [0, 0.05) is 38.4 Å². The van der Waals surface area contributed by atoms with Gasteiger partial charge in [-0.05, 0) is 44.4 Å². The molecule has 2 aliphatic rings. The molecule has 7 nitrogen and oxygen atoms in total. The Balaban J connectivity index is 1.57. The Hall–Kier alpha value is -1.16. The quantitative estimate of drug-likeness (QED) is 0.665. The normalized spacial score (nSPS) is 27.5. The van der Waals surface area contributed by atoms with Crippen molar-refractivity contribution in [3.8, 4) is 0 Å². The average Bonchev–Trinajstić information content (AvgIpc) is 2.72. The molecule has 1 aliphatic carbocycles. The van der Waals surface area contributed by atoms with Gasteiger partial charge in [-0.1, -0.05) is 38.5 Å². The van der Waals surface area contributed by atoms with E-state index in [4.69, 9.17) is 0 Å². The highest BCUT2D eigenvalue weighted by molar-refractivity contribution is 8.00. The lowest BCUT2D eigenvalue weighted by Crippen LogP contribution is -2.47. The van der Waals surface area contributed by atoms with Gasteiger partial charge >= 0.3 is 0 Å². The van der Waals surface area contributed by atoms with Crippen molar-refractivity contribution in [1.82, 2.24) is 19.5 Å². The molecule has 0 radical (unpaired) electrons. The first-order valence-corrected chi connectivity index (χ1v) is 13.1. The Morgan fingerprint density at radius 2 is 1.90 bits per heavy atom. The number of rotatable bonds is 6. The van der Waals surface area contributed by atoms with Crippen molar-refractivity contribution >= 4 is 27.7 Å². The number of hydrogen-bond acceptors (Lipinski definition) is 6. The van der Waals surface area contributed by atoms with E-state index in [9.17, 15) is 13.2 Å². The highest BCUT2D eigenvalue weighted by atomic mass is 32.2. The third kappa shape index (κ3) is 5.55. The average molecular weight is 455 g/mol. The minimum absolute atomic E-state index is 0.0156. The van der Waals surface area contributed by atoms with Crippen molar-refractivity contribution in [1.29, 1.82) is 0 Å². The van der Waals surface area contributed by atoms with Crippen molar-refractivity contribution in [3.05, 3.63) is 18.3 Å². The minimum Gasteiger partial charge on any atom is -0.352 e. The lowest BCUT2D eigenvalue weighted by atomic mass is 9.78. The zero-order chi connectivity index (χ0) is 21.9. The predicted molar refractivity (Wildman–Crippen MR) is 120 cm³/mol. The lowest BCUT2D eigenvalue weighted by Gasteiger charge is -2.35. The van der Waals surface area contributed by atoms with Gasteiger partial charge in [-0.2, -0.15) is 4.31 Å². The van der Waals surface area contributed by atoms with Crippen LogP contribution in [-0.2, 0) is 14.8 Å². The number of piperazine rings is 1. The van der Waals surface area contributed by atoms with Crippen LogP contribution in [0.5, 0.6) is 0 Å². The monoisotopic (exact) mass is 454 g/mol. The molecule has 0 aromatic carbocycles. The Morgan fingerprint density at radius 1 is 1.20 bits per heavy atom. The molecule has 1 saturated heterocycles. The first-order valence-electron chi connectivity index (χ1n) is 10.8. The first-order chi connectivity index (χ1) is 14.2. The van der Waals surface area contributed by atoms with Gasteiger partial charge in [0.1, 0.15) is 4.90 Å². The number of hydrogen-bond donors (Lipinski definition) is 1. The summed E-state index contributed by atoms with van der Waals surface area (Å²) in [4.78, 5) is 19.3. The van der Waals surface area contributed by atoms with Gasteiger partial charge in [-0.3, -0.25) is 4.79 Å². The number of pyridine rings is 1. The molecular formula is C21H34N4O3S2. The Labute approximate surface area is 185 Å². The van der Waals surface area contributed by atoms with E-state index in [0.717, 1.165) is 25.9 Å². The summed E-state index contributed by atoms with van der Waals surface area (Å²) in [7, 11) is -1.53. The van der Waals surface area contributed by atoms with Gasteiger partial charge in [0.2, 0.25) is 15.9 Å². The molecule has 0 bridgehead atoms. The SMILES string of the molecule is C[C@@H]1[C@H](C)CCC[C@H]1NC(=O)[C@H](C)Sc1ccc(S(=O)(=O)N2CCN(C)CC2)cn1. The van der Waals surface area contributed by atoms with E-state index in [0.29, 0.717) is 30.0 Å². The molecule has 1 aromatic heterocycles. The van der Waals surface area contributed by atoms with E-state index in [1.54, 1.807) is 12.1 Å². The molecule has 0 unspecified atom stereocenters. The molecule has 2 heterocycles. The summed E-state index contributed by atoms with van der Waals surface area (Å²) in [6, 6.07) is 3.52. The number of amides is 1. The summed E-state index contributed by atoms with van der Waals surface area (Å²) in [5.41, 5.74) is 0. The second kappa shape index (κ2) is 9.97. The van der Waals surface area contributed by atoms with Crippen LogP contribution in [0.1, 0.15) is 40.0 Å². The zero-order valence-corrected chi connectivity index (χ0v) is 20.0. The number of sulfonamides is 1. The number of carbonyl (C=O) groups excluding carboxylic acids is 1. The molecule has 3 rings (SSSR count). The summed E-state index contributed by atoms with van der Waals surface area (Å²) in [5.74, 6) is 1.13. The third-order valence-electron chi connectivity index (χ3n) is 6.51. The van der Waals surface area contributed by atoms with Gasteiger partial charge in [-0.15, -0.1) is 0 Å². The van der Waals surface area contributed by atoms with Crippen LogP contribution < -0.4 is 5.32 Å². The molecule has 0 spiro atoms. The van der Waals surface area contributed by atoms with E-state index in [2.05, 4.69) is 29.0 Å². The van der Waals surface area contributed by atoms with Gasteiger partial charge in [0.05, 0.1) is 10.3 Å². The first kappa shape index (κ1) is 23.5. The van der Waals surface area contributed by atoms with Crippen molar-refractivity contribution in [2.24, 2.45) is 11.8 Å². The van der Waals surface area contributed by atoms with Crippen LogP contribution in [0, 0.1) is 11.8 Å². The largest absolute Gasteiger partial charge is 0.352 e. The van der Waals surface area contributed by atoms with Crippen LogP contribution in [0.2, 0.25) is 0 Å². The van der Waals surface area contributed by atoms with Crippen molar-refractivity contribution in [2.75, 3.05) is 33.2 Å². The standard InChI is InChI=1S/C21H34N4O3S2/c1-15-6-5-7-19(16(15)2)23-21(26)17(3)29-20-9-8-18(14-22-20)30(27,28)25-12-10-24(4)11-13-25/h8-9,14-17,19H,5-7,10-13H2,1-4H3,(H,23,26)/t15-,16-,17+,19-/m1/s1. The van der Waals surface area contributed by atoms with Gasteiger partial charge < -0.3 is 10.2 Å². The molecular weight excluding hydrogens is 420 g/mol. The predicted octanol–water partition coefficient (Wildman–Crippen LogP) is 2.44. The number of carbonyl (C=O) groups is 1. The van der Waals surface area contributed by atoms with Crippen LogP contribution in [-0.4, -0.2) is 73.0 Å². The molecule has 1 aromatic rings. The Bertz CT molecular complexity index is 823. The van der Waals surface area contributed by atoms with Gasteiger partial charge in [0.15, 0.2) is 0 Å². The Kier molecular flexibility index (Phi) is 7.81. The molecule has 1 amide bonds. The summed E-state index contributed by atoms with van der Waals surface area (Å²) in [6.07, 6.45) is 4.82. The number of nitrogens with one attached hydrogen (secondary N) is 1. The van der Waals surface area contributed by atoms with E-state index >= 15 is 0 Å². The van der Waals surface area contributed by atoms with E-state index in [1.807, 2.05) is 14.0 Å². The minimum atomic E-state index is -3.52. The highest BCUT2D eigenvalue weighted by Gasteiger charge is 2.30. The fourth-order valence-electron chi connectivity index (χ4n) is 4.09. The highest BCUT2D eigenvalue weighted by Crippen LogP contribution is 2.30. The molecule has 168 valence electrons. The topological polar surface area (TPSA) is 82.6 Å². The molecule has 1 saturated carbocycles. The molecule has 1 aliphatic heterocycles. The molecule has 4 atom stereocenters. The van der Waals surface area contributed by atoms with E-state index < -0.39 is 10.0 Å². The van der Waals surface area contributed by atoms with Crippen LogP contribution in [0.25, 0.3) is 0 Å². The summed E-state index contributed by atoms with van der Waals surface area (Å²) in [5, 5.41) is 3.57. The summed E-state index contributed by atoms with van der Waals surface area (Å²) in [6.45, 7) is 8.77. The summed E-state index contributed by atoms with van der Waals surface area (Å²) < 4.78 is 27.1. The van der Waals surface area contributed by atoms with Gasteiger partial charge in [0.25, 0.3) is 0 Å². The maximum absolute atomic E-state index is 12.8. The van der Waals surface area contributed by atoms with E-state index in [1.165, 1.54) is 28.7 Å². The molecule has 2 fully saturated rings. The fraction of sp³-hybridized carbons (Fsp3) is 0.714. The van der Waals surface area contributed by atoms with Crippen LogP contribution in [0.3, 0.4) is 0 Å². The number of aromatic nitrogens is 1. The number of nitrogens with zero attached hydrogens (tertiary/aromatic N) is 3. The van der Waals surface area contributed by atoms with Crippen molar-refractivity contribution in [3.63, 3.8) is 0 Å². The Morgan fingerprint density at radius 3 is 2.53 bits per heavy atom. The zero-order valence-electron chi connectivity index (χ0n) is 18.4. The second-order valence-electron chi connectivity index (χ2n) is 8.68. The molecule has 1 N–H and O–H groups in total. The second-order valence-corrected chi connectivity index (χ2v) is 12.0. The van der Waals surface area contributed by atoms with Crippen LogP contribution in [0.4, 0.5) is 0 Å². The van der Waals surface area contributed by atoms with E-state index in [-0.39, 0.29) is 22.1 Å². The smallest absolute Gasteiger partial charge is 0.244 e. The van der Waals surface area contributed by atoms with Gasteiger partial charge in [-0.25, -0.2) is 13.4 Å². The maximum Gasteiger partial charge on any atom is 0.244 e. The molecule has 9 heteroatoms. The lowest BCUT2D eigenvalue weighted by molar-refractivity contribution is -0.121. The van der Waals surface area contributed by atoms with Crippen LogP contribution >= 0.6 is 11.8 Å².